The Balaban J connectivity index is 2.36. The summed E-state index contributed by atoms with van der Waals surface area (Å²) in [5.74, 6) is -0.0764. The summed E-state index contributed by atoms with van der Waals surface area (Å²) in [5, 5.41) is 9.10. The number of carbonyl (C=O) groups is 1. The molecule has 0 aliphatic rings. The number of rotatable bonds is 4. The van der Waals surface area contributed by atoms with Crippen LogP contribution in [0.25, 0.3) is 0 Å². The zero-order chi connectivity index (χ0) is 13.8. The van der Waals surface area contributed by atoms with Gasteiger partial charge in [-0.3, -0.25) is 0 Å². The fourth-order valence-electron chi connectivity index (χ4n) is 1.43. The number of hydrogen-bond acceptors (Lipinski definition) is 4. The van der Waals surface area contributed by atoms with Gasteiger partial charge in [-0.05, 0) is 34.1 Å². The largest absolute Gasteiger partial charge is 0.497 e. The van der Waals surface area contributed by atoms with E-state index in [0.29, 0.717) is 11.6 Å². The first-order chi connectivity index (χ1) is 9.10. The minimum atomic E-state index is -1.07. The molecule has 2 rings (SSSR count). The van der Waals surface area contributed by atoms with Crippen LogP contribution in [-0.2, 0) is 0 Å². The molecule has 0 aliphatic heterocycles. The number of aromatic nitrogens is 1. The van der Waals surface area contributed by atoms with Crippen molar-refractivity contribution in [1.29, 1.82) is 0 Å². The van der Waals surface area contributed by atoms with Crippen LogP contribution in [0.5, 0.6) is 17.4 Å². The Morgan fingerprint density at radius 2 is 2.11 bits per heavy atom. The van der Waals surface area contributed by atoms with Crippen molar-refractivity contribution in [3.05, 3.63) is 46.6 Å². The first-order valence-electron chi connectivity index (χ1n) is 5.31. The van der Waals surface area contributed by atoms with E-state index < -0.39 is 5.97 Å². The average molecular weight is 324 g/mol. The Hall–Kier alpha value is -2.08. The van der Waals surface area contributed by atoms with Crippen molar-refractivity contribution in [3.63, 3.8) is 0 Å². The highest BCUT2D eigenvalue weighted by atomic mass is 79.9. The Morgan fingerprint density at radius 3 is 2.68 bits per heavy atom. The van der Waals surface area contributed by atoms with Crippen molar-refractivity contribution in [1.82, 2.24) is 4.98 Å². The molecule has 1 aromatic carbocycles. The number of carboxylic acid groups (broad SMARTS) is 1. The van der Waals surface area contributed by atoms with Gasteiger partial charge in [0.25, 0.3) is 0 Å². The normalized spacial score (nSPS) is 10.0. The summed E-state index contributed by atoms with van der Waals surface area (Å²) in [6, 6.07) is 7.88. The number of benzene rings is 1. The number of ether oxygens (including phenoxy) is 2. The van der Waals surface area contributed by atoms with E-state index in [-0.39, 0.29) is 11.3 Å². The number of hydrogen-bond donors (Lipinski definition) is 1. The minimum Gasteiger partial charge on any atom is -0.497 e. The monoisotopic (exact) mass is 323 g/mol. The summed E-state index contributed by atoms with van der Waals surface area (Å²) in [6.07, 6.45) is 1.57. The lowest BCUT2D eigenvalue weighted by Crippen LogP contribution is -2.01. The van der Waals surface area contributed by atoms with Crippen molar-refractivity contribution in [2.75, 3.05) is 7.11 Å². The molecular weight excluding hydrogens is 314 g/mol. The van der Waals surface area contributed by atoms with Gasteiger partial charge >= 0.3 is 5.97 Å². The number of nitrogens with zero attached hydrogens (tertiary/aromatic N) is 1. The molecule has 2 aromatic rings. The first-order valence-corrected chi connectivity index (χ1v) is 6.10. The van der Waals surface area contributed by atoms with Gasteiger partial charge in [0.2, 0.25) is 5.88 Å². The molecule has 0 amide bonds. The van der Waals surface area contributed by atoms with Crippen LogP contribution in [0, 0.1) is 0 Å². The SMILES string of the molecule is COc1ccc(C(=O)O)c(Oc2ccc(Br)cn2)c1. The highest BCUT2D eigenvalue weighted by Crippen LogP contribution is 2.29. The molecule has 98 valence electrons. The molecule has 0 unspecified atom stereocenters. The first kappa shape index (κ1) is 13.4. The smallest absolute Gasteiger partial charge is 0.339 e. The molecule has 0 radical (unpaired) electrons. The molecule has 19 heavy (non-hydrogen) atoms. The third-order valence-electron chi connectivity index (χ3n) is 2.33. The van der Waals surface area contributed by atoms with Crippen LogP contribution < -0.4 is 9.47 Å². The lowest BCUT2D eigenvalue weighted by Gasteiger charge is -2.09. The van der Waals surface area contributed by atoms with Crippen molar-refractivity contribution < 1.29 is 19.4 Å². The lowest BCUT2D eigenvalue weighted by atomic mass is 10.2. The highest BCUT2D eigenvalue weighted by molar-refractivity contribution is 9.10. The maximum Gasteiger partial charge on any atom is 0.339 e. The molecule has 0 atom stereocenters. The predicted octanol–water partition coefficient (Wildman–Crippen LogP) is 3.34. The molecule has 0 bridgehead atoms. The summed E-state index contributed by atoms with van der Waals surface area (Å²) >= 11 is 3.26. The third-order valence-corrected chi connectivity index (χ3v) is 2.80. The second-order valence-electron chi connectivity index (χ2n) is 3.58. The molecule has 1 heterocycles. The van der Waals surface area contributed by atoms with E-state index >= 15 is 0 Å². The maximum atomic E-state index is 11.1. The summed E-state index contributed by atoms with van der Waals surface area (Å²) in [6.45, 7) is 0. The van der Waals surface area contributed by atoms with Crippen LogP contribution in [0.1, 0.15) is 10.4 Å². The van der Waals surface area contributed by atoms with E-state index in [9.17, 15) is 4.79 Å². The van der Waals surface area contributed by atoms with Gasteiger partial charge in [-0.15, -0.1) is 0 Å². The van der Waals surface area contributed by atoms with Gasteiger partial charge in [-0.25, -0.2) is 9.78 Å². The van der Waals surface area contributed by atoms with Crippen LogP contribution >= 0.6 is 15.9 Å². The van der Waals surface area contributed by atoms with Gasteiger partial charge in [0.15, 0.2) is 0 Å². The number of methoxy groups -OCH3 is 1. The average Bonchev–Trinajstić information content (AvgIpc) is 2.41. The van der Waals surface area contributed by atoms with Crippen molar-refractivity contribution in [2.24, 2.45) is 0 Å². The minimum absolute atomic E-state index is 0.0468. The van der Waals surface area contributed by atoms with Crippen LogP contribution in [0.4, 0.5) is 0 Å². The molecule has 1 N–H and O–H groups in total. The molecule has 6 heteroatoms. The van der Waals surface area contributed by atoms with Gasteiger partial charge in [0.05, 0.1) is 7.11 Å². The van der Waals surface area contributed by atoms with Crippen molar-refractivity contribution in [2.45, 2.75) is 0 Å². The Labute approximate surface area is 117 Å². The topological polar surface area (TPSA) is 68.7 Å². The lowest BCUT2D eigenvalue weighted by molar-refractivity contribution is 0.0694. The van der Waals surface area contributed by atoms with E-state index in [0.717, 1.165) is 4.47 Å². The van der Waals surface area contributed by atoms with Crippen molar-refractivity contribution >= 4 is 21.9 Å². The van der Waals surface area contributed by atoms with Crippen LogP contribution in [0.15, 0.2) is 41.0 Å². The number of halogens is 1. The molecular formula is C13H10BrNO4. The summed E-state index contributed by atoms with van der Waals surface area (Å²) in [5.41, 5.74) is 0.0468. The molecule has 0 fully saturated rings. The van der Waals surface area contributed by atoms with E-state index in [4.69, 9.17) is 14.6 Å². The standard InChI is InChI=1S/C13H10BrNO4/c1-18-9-3-4-10(13(16)17)11(6-9)19-12-5-2-8(14)7-15-12/h2-7H,1H3,(H,16,17). The highest BCUT2D eigenvalue weighted by Gasteiger charge is 2.13. The van der Waals surface area contributed by atoms with Gasteiger partial charge in [0.1, 0.15) is 17.1 Å². The summed E-state index contributed by atoms with van der Waals surface area (Å²) < 4.78 is 11.3. The Kier molecular flexibility index (Phi) is 4.01. The van der Waals surface area contributed by atoms with Crippen LogP contribution in [0.3, 0.4) is 0 Å². The molecule has 0 saturated heterocycles. The second-order valence-corrected chi connectivity index (χ2v) is 4.50. The Morgan fingerprint density at radius 1 is 1.32 bits per heavy atom. The van der Waals surface area contributed by atoms with E-state index in [1.165, 1.54) is 19.2 Å². The molecule has 1 aromatic heterocycles. The molecule has 0 aliphatic carbocycles. The third kappa shape index (κ3) is 3.23. The van der Waals surface area contributed by atoms with Crippen LogP contribution in [-0.4, -0.2) is 23.2 Å². The van der Waals surface area contributed by atoms with Crippen molar-refractivity contribution in [3.8, 4) is 17.4 Å². The predicted molar refractivity (Wildman–Crippen MR) is 72.0 cm³/mol. The van der Waals surface area contributed by atoms with Crippen LogP contribution in [0.2, 0.25) is 0 Å². The quantitative estimate of drug-likeness (QED) is 0.934. The van der Waals surface area contributed by atoms with Gasteiger partial charge < -0.3 is 14.6 Å². The zero-order valence-electron chi connectivity index (χ0n) is 9.96. The van der Waals surface area contributed by atoms with Gasteiger partial charge in [0, 0.05) is 22.8 Å². The fourth-order valence-corrected chi connectivity index (χ4v) is 1.66. The molecule has 0 saturated carbocycles. The van der Waals surface area contributed by atoms with E-state index in [2.05, 4.69) is 20.9 Å². The summed E-state index contributed by atoms with van der Waals surface area (Å²) in [7, 11) is 1.50. The maximum absolute atomic E-state index is 11.1. The number of aromatic carboxylic acids is 1. The Bertz CT molecular complexity index is 598. The van der Waals surface area contributed by atoms with Gasteiger partial charge in [-0.2, -0.15) is 0 Å². The van der Waals surface area contributed by atoms with E-state index in [1.54, 1.807) is 24.4 Å². The molecule has 5 nitrogen and oxygen atoms in total. The number of pyridine rings is 1. The second kappa shape index (κ2) is 5.71. The van der Waals surface area contributed by atoms with E-state index in [1.807, 2.05) is 0 Å². The molecule has 0 spiro atoms. The van der Waals surface area contributed by atoms with Gasteiger partial charge in [-0.1, -0.05) is 0 Å². The fraction of sp³-hybridized carbons (Fsp3) is 0.0769. The number of carboxylic acids is 1. The zero-order valence-corrected chi connectivity index (χ0v) is 11.5. The summed E-state index contributed by atoms with van der Waals surface area (Å²) in [4.78, 5) is 15.1.